The number of ether oxygens (including phenoxy) is 3. The van der Waals surface area contributed by atoms with Crippen LogP contribution >= 0.6 is 0 Å². The summed E-state index contributed by atoms with van der Waals surface area (Å²) in [6.45, 7) is 8.48. The average Bonchev–Trinajstić information content (AvgIpc) is 3.14. The number of rotatable bonds is 9. The SMILES string of the molecule is CCOc1cccc(/C(O)=C2\C(=O)C(=O)N(c3cccc(OCC)c3)C2c2cccc(OC(C)C)c2)c1. The standard InChI is InChI=1S/C30H31NO6/c1-5-35-23-13-8-11-21(17-23)28(32)26-27(20-10-7-15-25(16-20)37-19(3)4)31(30(34)29(26)33)22-12-9-14-24(18-22)36-6-2/h7-19,27,32H,5-6H2,1-4H3/b28-26+. The van der Waals surface area contributed by atoms with Crippen LogP contribution in [0.3, 0.4) is 0 Å². The first-order valence-corrected chi connectivity index (χ1v) is 12.4. The van der Waals surface area contributed by atoms with Crippen LogP contribution in [0.2, 0.25) is 0 Å². The fourth-order valence-corrected chi connectivity index (χ4v) is 4.39. The summed E-state index contributed by atoms with van der Waals surface area (Å²) >= 11 is 0. The van der Waals surface area contributed by atoms with E-state index in [-0.39, 0.29) is 17.4 Å². The molecule has 0 aliphatic carbocycles. The van der Waals surface area contributed by atoms with E-state index in [2.05, 4.69) is 0 Å². The molecular formula is C30H31NO6. The summed E-state index contributed by atoms with van der Waals surface area (Å²) in [4.78, 5) is 28.3. The number of hydrogen-bond acceptors (Lipinski definition) is 6. The van der Waals surface area contributed by atoms with E-state index < -0.39 is 17.7 Å². The van der Waals surface area contributed by atoms with E-state index in [0.717, 1.165) is 0 Å². The smallest absolute Gasteiger partial charge is 0.300 e. The van der Waals surface area contributed by atoms with Crippen molar-refractivity contribution in [2.24, 2.45) is 0 Å². The third-order valence-corrected chi connectivity index (χ3v) is 5.82. The van der Waals surface area contributed by atoms with E-state index >= 15 is 0 Å². The fraction of sp³-hybridized carbons (Fsp3) is 0.267. The van der Waals surface area contributed by atoms with Gasteiger partial charge in [-0.1, -0.05) is 30.3 Å². The van der Waals surface area contributed by atoms with Gasteiger partial charge in [0.15, 0.2) is 0 Å². The zero-order valence-electron chi connectivity index (χ0n) is 21.4. The first kappa shape index (κ1) is 25.8. The summed E-state index contributed by atoms with van der Waals surface area (Å²) in [7, 11) is 0. The van der Waals surface area contributed by atoms with Crippen molar-refractivity contribution in [1.82, 2.24) is 0 Å². The number of hydrogen-bond donors (Lipinski definition) is 1. The van der Waals surface area contributed by atoms with Crippen molar-refractivity contribution >= 4 is 23.1 Å². The van der Waals surface area contributed by atoms with Crippen molar-refractivity contribution in [2.75, 3.05) is 18.1 Å². The van der Waals surface area contributed by atoms with Crippen molar-refractivity contribution in [3.8, 4) is 17.2 Å². The maximum absolute atomic E-state index is 13.5. The van der Waals surface area contributed by atoms with Gasteiger partial charge in [0.2, 0.25) is 0 Å². The lowest BCUT2D eigenvalue weighted by Crippen LogP contribution is -2.29. The molecular weight excluding hydrogens is 470 g/mol. The van der Waals surface area contributed by atoms with Gasteiger partial charge < -0.3 is 19.3 Å². The molecule has 1 N–H and O–H groups in total. The molecule has 1 aliphatic rings. The Morgan fingerprint density at radius 3 is 2.16 bits per heavy atom. The van der Waals surface area contributed by atoms with Crippen molar-refractivity contribution in [2.45, 2.75) is 39.8 Å². The van der Waals surface area contributed by atoms with E-state index in [9.17, 15) is 14.7 Å². The number of carbonyl (C=O) groups excluding carboxylic acids is 2. The van der Waals surface area contributed by atoms with E-state index in [1.807, 2.05) is 39.8 Å². The molecule has 37 heavy (non-hydrogen) atoms. The molecule has 1 saturated heterocycles. The number of carbonyl (C=O) groups is 2. The van der Waals surface area contributed by atoms with Crippen molar-refractivity contribution in [3.05, 3.63) is 89.5 Å². The lowest BCUT2D eigenvalue weighted by atomic mass is 9.95. The molecule has 1 amide bonds. The fourth-order valence-electron chi connectivity index (χ4n) is 4.39. The monoisotopic (exact) mass is 501 g/mol. The van der Waals surface area contributed by atoms with E-state index in [4.69, 9.17) is 14.2 Å². The minimum absolute atomic E-state index is 0.0119. The highest BCUT2D eigenvalue weighted by atomic mass is 16.5. The molecule has 7 heteroatoms. The van der Waals surface area contributed by atoms with Crippen LogP contribution in [-0.2, 0) is 9.59 Å². The summed E-state index contributed by atoms with van der Waals surface area (Å²) in [5.74, 6) is -0.0725. The minimum Gasteiger partial charge on any atom is -0.507 e. The van der Waals surface area contributed by atoms with Gasteiger partial charge in [0.25, 0.3) is 11.7 Å². The maximum Gasteiger partial charge on any atom is 0.300 e. The molecule has 0 spiro atoms. The van der Waals surface area contributed by atoms with Crippen LogP contribution in [0, 0.1) is 0 Å². The Kier molecular flexibility index (Phi) is 7.82. The van der Waals surface area contributed by atoms with Gasteiger partial charge in [-0.2, -0.15) is 0 Å². The van der Waals surface area contributed by atoms with Gasteiger partial charge in [-0.25, -0.2) is 0 Å². The highest BCUT2D eigenvalue weighted by molar-refractivity contribution is 6.51. The summed E-state index contributed by atoms with van der Waals surface area (Å²) in [5, 5.41) is 11.4. The van der Waals surface area contributed by atoms with Crippen LogP contribution < -0.4 is 19.1 Å². The van der Waals surface area contributed by atoms with Gasteiger partial charge in [0.1, 0.15) is 23.0 Å². The maximum atomic E-state index is 13.5. The zero-order chi connectivity index (χ0) is 26.5. The normalized spacial score (nSPS) is 16.8. The Morgan fingerprint density at radius 1 is 0.865 bits per heavy atom. The predicted octanol–water partition coefficient (Wildman–Crippen LogP) is 5.90. The molecule has 4 rings (SSSR count). The molecule has 1 fully saturated rings. The Morgan fingerprint density at radius 2 is 1.49 bits per heavy atom. The quantitative estimate of drug-likeness (QED) is 0.223. The Balaban J connectivity index is 1.91. The summed E-state index contributed by atoms with van der Waals surface area (Å²) in [6, 6.07) is 20.2. The van der Waals surface area contributed by atoms with Gasteiger partial charge >= 0.3 is 0 Å². The highest BCUT2D eigenvalue weighted by Gasteiger charge is 2.47. The van der Waals surface area contributed by atoms with Crippen molar-refractivity contribution in [3.63, 3.8) is 0 Å². The van der Waals surface area contributed by atoms with Gasteiger partial charge in [-0.05, 0) is 69.7 Å². The van der Waals surface area contributed by atoms with Gasteiger partial charge in [-0.15, -0.1) is 0 Å². The van der Waals surface area contributed by atoms with Gasteiger partial charge in [0.05, 0.1) is 30.9 Å². The van der Waals surface area contributed by atoms with Crippen LogP contribution in [0.25, 0.3) is 5.76 Å². The molecule has 7 nitrogen and oxygen atoms in total. The number of anilines is 1. The molecule has 192 valence electrons. The largest absolute Gasteiger partial charge is 0.507 e. The number of aliphatic hydroxyl groups excluding tert-OH is 1. The predicted molar refractivity (Wildman–Crippen MR) is 142 cm³/mol. The van der Waals surface area contributed by atoms with Gasteiger partial charge in [-0.3, -0.25) is 14.5 Å². The zero-order valence-corrected chi connectivity index (χ0v) is 21.4. The number of Topliss-reactive ketones (excluding diaryl/α,β-unsaturated/α-hetero) is 1. The molecule has 0 aromatic heterocycles. The first-order valence-electron chi connectivity index (χ1n) is 12.4. The Labute approximate surface area is 216 Å². The molecule has 1 atom stereocenters. The molecule has 1 aliphatic heterocycles. The first-order chi connectivity index (χ1) is 17.8. The topological polar surface area (TPSA) is 85.3 Å². The second kappa shape index (κ2) is 11.2. The molecule has 0 saturated carbocycles. The van der Waals surface area contributed by atoms with E-state index in [1.54, 1.807) is 60.7 Å². The van der Waals surface area contributed by atoms with Gasteiger partial charge in [0, 0.05) is 17.3 Å². The number of nitrogens with zero attached hydrogens (tertiary/aromatic N) is 1. The lowest BCUT2D eigenvalue weighted by Gasteiger charge is -2.26. The molecule has 1 heterocycles. The number of amides is 1. The Hall–Kier alpha value is -4.26. The van der Waals surface area contributed by atoms with Crippen LogP contribution in [0.5, 0.6) is 17.2 Å². The second-order valence-corrected chi connectivity index (χ2v) is 8.80. The highest BCUT2D eigenvalue weighted by Crippen LogP contribution is 2.43. The third-order valence-electron chi connectivity index (χ3n) is 5.82. The van der Waals surface area contributed by atoms with Crippen molar-refractivity contribution < 1.29 is 28.9 Å². The third kappa shape index (κ3) is 5.45. The van der Waals surface area contributed by atoms with Crippen LogP contribution in [-0.4, -0.2) is 36.1 Å². The summed E-state index contributed by atoms with van der Waals surface area (Å²) < 4.78 is 17.1. The number of aliphatic hydroxyl groups is 1. The molecule has 0 bridgehead atoms. The Bertz CT molecular complexity index is 1330. The molecule has 0 radical (unpaired) electrons. The molecule has 3 aromatic carbocycles. The number of ketones is 1. The van der Waals surface area contributed by atoms with Crippen LogP contribution in [0.4, 0.5) is 5.69 Å². The molecule has 1 unspecified atom stereocenters. The second-order valence-electron chi connectivity index (χ2n) is 8.80. The van der Waals surface area contributed by atoms with Crippen LogP contribution in [0.15, 0.2) is 78.4 Å². The van der Waals surface area contributed by atoms with E-state index in [0.29, 0.717) is 47.3 Å². The average molecular weight is 502 g/mol. The number of benzene rings is 3. The van der Waals surface area contributed by atoms with Crippen molar-refractivity contribution in [1.29, 1.82) is 0 Å². The summed E-state index contributed by atoms with van der Waals surface area (Å²) in [5.41, 5.74) is 1.48. The minimum atomic E-state index is -0.886. The molecule has 3 aromatic rings. The van der Waals surface area contributed by atoms with E-state index in [1.165, 1.54) is 4.90 Å². The van der Waals surface area contributed by atoms with Crippen LogP contribution in [0.1, 0.15) is 44.9 Å². The summed E-state index contributed by atoms with van der Waals surface area (Å²) in [6.07, 6.45) is -0.0641. The lowest BCUT2D eigenvalue weighted by molar-refractivity contribution is -0.132.